The second-order valence-electron chi connectivity index (χ2n) is 5.37. The van der Waals surface area contributed by atoms with Gasteiger partial charge in [0.05, 0.1) is 0 Å². The number of aryl methyl sites for hydroxylation is 1. The van der Waals surface area contributed by atoms with Crippen LogP contribution in [0.2, 0.25) is 0 Å². The average Bonchev–Trinajstić information content (AvgIpc) is 2.47. The molecule has 0 bridgehead atoms. The van der Waals surface area contributed by atoms with Crippen LogP contribution in [0.3, 0.4) is 0 Å². The van der Waals surface area contributed by atoms with Crippen molar-refractivity contribution in [3.63, 3.8) is 0 Å². The van der Waals surface area contributed by atoms with Crippen LogP contribution in [0, 0.1) is 6.92 Å². The van der Waals surface area contributed by atoms with Crippen molar-refractivity contribution in [3.8, 4) is 0 Å². The average molecular weight is 268 g/mol. The van der Waals surface area contributed by atoms with Gasteiger partial charge in [-0.05, 0) is 31.2 Å². The van der Waals surface area contributed by atoms with E-state index < -0.39 is 0 Å². The Hall–Kier alpha value is -2.10. The quantitative estimate of drug-likeness (QED) is 0.910. The van der Waals surface area contributed by atoms with Crippen LogP contribution in [-0.2, 0) is 0 Å². The van der Waals surface area contributed by atoms with Crippen molar-refractivity contribution < 1.29 is 0 Å². The topological polar surface area (TPSA) is 55.0 Å². The molecule has 4 heteroatoms. The molecule has 20 heavy (non-hydrogen) atoms. The van der Waals surface area contributed by atoms with Gasteiger partial charge in [0, 0.05) is 19.2 Å². The minimum Gasteiger partial charge on any atom is -0.384 e. The molecule has 2 aromatic rings. The lowest BCUT2D eigenvalue weighted by molar-refractivity contribution is 0.502. The first kappa shape index (κ1) is 12.9. The summed E-state index contributed by atoms with van der Waals surface area (Å²) in [6.07, 6.45) is 2.32. The third kappa shape index (κ3) is 2.74. The van der Waals surface area contributed by atoms with E-state index in [1.807, 2.05) is 13.0 Å². The fraction of sp³-hybridized carbons (Fsp3) is 0.375. The summed E-state index contributed by atoms with van der Waals surface area (Å²) in [6.45, 7) is 3.93. The lowest BCUT2D eigenvalue weighted by Gasteiger charge is -2.33. The molecule has 0 unspecified atom stereocenters. The summed E-state index contributed by atoms with van der Waals surface area (Å²) >= 11 is 0. The van der Waals surface area contributed by atoms with Crippen molar-refractivity contribution in [3.05, 3.63) is 47.8 Å². The van der Waals surface area contributed by atoms with Crippen molar-refractivity contribution in [2.45, 2.75) is 25.7 Å². The molecular weight excluding hydrogens is 248 g/mol. The molecule has 0 spiro atoms. The van der Waals surface area contributed by atoms with E-state index in [0.717, 1.165) is 37.6 Å². The summed E-state index contributed by atoms with van der Waals surface area (Å²) < 4.78 is 0. The van der Waals surface area contributed by atoms with E-state index in [1.54, 1.807) is 0 Å². The van der Waals surface area contributed by atoms with Gasteiger partial charge in [-0.15, -0.1) is 0 Å². The molecule has 0 saturated carbocycles. The summed E-state index contributed by atoms with van der Waals surface area (Å²) in [5.41, 5.74) is 7.26. The predicted molar refractivity (Wildman–Crippen MR) is 81.8 cm³/mol. The first-order valence-corrected chi connectivity index (χ1v) is 7.13. The van der Waals surface area contributed by atoms with E-state index in [9.17, 15) is 0 Å². The summed E-state index contributed by atoms with van der Waals surface area (Å²) in [5, 5.41) is 0. The maximum absolute atomic E-state index is 5.81. The predicted octanol–water partition coefficient (Wildman–Crippen LogP) is 2.75. The molecule has 0 atom stereocenters. The van der Waals surface area contributed by atoms with Gasteiger partial charge in [0.2, 0.25) is 0 Å². The molecule has 1 aliphatic heterocycles. The highest BCUT2D eigenvalue weighted by Gasteiger charge is 2.21. The monoisotopic (exact) mass is 268 g/mol. The number of nitrogens with zero attached hydrogens (tertiary/aromatic N) is 3. The number of rotatable bonds is 2. The van der Waals surface area contributed by atoms with Crippen LogP contribution in [-0.4, -0.2) is 23.1 Å². The van der Waals surface area contributed by atoms with E-state index in [2.05, 4.69) is 45.2 Å². The maximum atomic E-state index is 5.81. The first-order chi connectivity index (χ1) is 9.72. The number of nitrogens with two attached hydrogens (primary N) is 1. The van der Waals surface area contributed by atoms with Gasteiger partial charge in [-0.1, -0.05) is 30.3 Å². The normalized spacial score (nSPS) is 16.4. The van der Waals surface area contributed by atoms with Gasteiger partial charge in [-0.25, -0.2) is 9.97 Å². The SMILES string of the molecule is Cc1nc(N)cc(N2CCC(c3ccccc3)CC2)n1. The second kappa shape index (κ2) is 5.49. The zero-order valence-corrected chi connectivity index (χ0v) is 11.8. The molecule has 0 amide bonds. The summed E-state index contributed by atoms with van der Waals surface area (Å²) in [7, 11) is 0. The number of piperidine rings is 1. The molecule has 2 heterocycles. The van der Waals surface area contributed by atoms with Crippen LogP contribution < -0.4 is 10.6 Å². The Morgan fingerprint density at radius 2 is 1.80 bits per heavy atom. The van der Waals surface area contributed by atoms with E-state index >= 15 is 0 Å². The van der Waals surface area contributed by atoms with Crippen molar-refractivity contribution in [2.24, 2.45) is 0 Å². The lowest BCUT2D eigenvalue weighted by Crippen LogP contribution is -2.33. The van der Waals surface area contributed by atoms with Crippen LogP contribution >= 0.6 is 0 Å². The Kier molecular flexibility index (Phi) is 3.54. The summed E-state index contributed by atoms with van der Waals surface area (Å²) in [6, 6.07) is 12.6. The maximum Gasteiger partial charge on any atom is 0.134 e. The number of nitrogen functional groups attached to an aromatic ring is 1. The zero-order chi connectivity index (χ0) is 13.9. The standard InChI is InChI=1S/C16H20N4/c1-12-18-15(17)11-16(19-12)20-9-7-14(8-10-20)13-5-3-2-4-6-13/h2-6,11,14H,7-10H2,1H3,(H2,17,18,19). The van der Waals surface area contributed by atoms with Crippen molar-refractivity contribution in [1.82, 2.24) is 9.97 Å². The largest absolute Gasteiger partial charge is 0.384 e. The Morgan fingerprint density at radius 1 is 1.10 bits per heavy atom. The number of anilines is 2. The Labute approximate surface area is 119 Å². The van der Waals surface area contributed by atoms with E-state index in [1.165, 1.54) is 5.56 Å². The Balaban J connectivity index is 1.69. The van der Waals surface area contributed by atoms with Crippen LogP contribution in [0.5, 0.6) is 0 Å². The van der Waals surface area contributed by atoms with Crippen molar-refractivity contribution in [1.29, 1.82) is 0 Å². The van der Waals surface area contributed by atoms with Crippen LogP contribution in [0.25, 0.3) is 0 Å². The third-order valence-electron chi connectivity index (χ3n) is 3.93. The van der Waals surface area contributed by atoms with Crippen molar-refractivity contribution >= 4 is 11.6 Å². The highest BCUT2D eigenvalue weighted by atomic mass is 15.2. The Morgan fingerprint density at radius 3 is 2.45 bits per heavy atom. The molecule has 4 nitrogen and oxygen atoms in total. The number of hydrogen-bond acceptors (Lipinski definition) is 4. The number of aromatic nitrogens is 2. The fourth-order valence-corrected chi connectivity index (χ4v) is 2.90. The molecule has 1 aliphatic rings. The van der Waals surface area contributed by atoms with E-state index in [4.69, 9.17) is 5.73 Å². The Bertz CT molecular complexity index is 554. The molecule has 1 saturated heterocycles. The first-order valence-electron chi connectivity index (χ1n) is 7.13. The molecule has 1 aromatic carbocycles. The molecule has 104 valence electrons. The minimum absolute atomic E-state index is 0.553. The molecule has 0 radical (unpaired) electrons. The van der Waals surface area contributed by atoms with E-state index in [-0.39, 0.29) is 0 Å². The van der Waals surface area contributed by atoms with Gasteiger partial charge in [-0.2, -0.15) is 0 Å². The van der Waals surface area contributed by atoms with Gasteiger partial charge in [0.1, 0.15) is 17.5 Å². The molecule has 1 fully saturated rings. The lowest BCUT2D eigenvalue weighted by atomic mass is 9.89. The minimum atomic E-state index is 0.553. The van der Waals surface area contributed by atoms with Crippen LogP contribution in [0.15, 0.2) is 36.4 Å². The molecule has 3 rings (SSSR count). The van der Waals surface area contributed by atoms with Gasteiger partial charge < -0.3 is 10.6 Å². The van der Waals surface area contributed by atoms with Gasteiger partial charge in [-0.3, -0.25) is 0 Å². The van der Waals surface area contributed by atoms with Gasteiger partial charge in [0.15, 0.2) is 0 Å². The number of hydrogen-bond donors (Lipinski definition) is 1. The highest BCUT2D eigenvalue weighted by Crippen LogP contribution is 2.29. The molecular formula is C16H20N4. The van der Waals surface area contributed by atoms with Crippen LogP contribution in [0.4, 0.5) is 11.6 Å². The van der Waals surface area contributed by atoms with Crippen LogP contribution in [0.1, 0.15) is 30.1 Å². The molecule has 2 N–H and O–H groups in total. The molecule has 0 aliphatic carbocycles. The number of benzene rings is 1. The third-order valence-corrected chi connectivity index (χ3v) is 3.93. The van der Waals surface area contributed by atoms with E-state index in [0.29, 0.717) is 11.7 Å². The second-order valence-corrected chi connectivity index (χ2v) is 5.37. The fourth-order valence-electron chi connectivity index (χ4n) is 2.90. The highest BCUT2D eigenvalue weighted by molar-refractivity contribution is 5.47. The van der Waals surface area contributed by atoms with Gasteiger partial charge in [0.25, 0.3) is 0 Å². The summed E-state index contributed by atoms with van der Waals surface area (Å²) in [5.74, 6) is 2.91. The molecule has 1 aromatic heterocycles. The zero-order valence-electron chi connectivity index (χ0n) is 11.8. The smallest absolute Gasteiger partial charge is 0.134 e. The van der Waals surface area contributed by atoms with Gasteiger partial charge >= 0.3 is 0 Å². The summed E-state index contributed by atoms with van der Waals surface area (Å²) in [4.78, 5) is 10.9. The van der Waals surface area contributed by atoms with Crippen molar-refractivity contribution in [2.75, 3.05) is 23.7 Å².